The average Bonchev–Trinajstić information content (AvgIpc) is 3.59. The van der Waals surface area contributed by atoms with Crippen molar-refractivity contribution in [2.75, 3.05) is 23.1 Å². The number of aromatic amines is 1. The van der Waals surface area contributed by atoms with E-state index in [2.05, 4.69) is 58.8 Å². The van der Waals surface area contributed by atoms with Gasteiger partial charge in [0.15, 0.2) is 11.5 Å². The fourth-order valence-electron chi connectivity index (χ4n) is 5.50. The van der Waals surface area contributed by atoms with Crippen LogP contribution in [0.4, 0.5) is 21.9 Å². The molecule has 3 amide bonds. The number of aromatic nitrogens is 4. The summed E-state index contributed by atoms with van der Waals surface area (Å²) in [6.07, 6.45) is 14.1. The van der Waals surface area contributed by atoms with E-state index in [-0.39, 0.29) is 11.3 Å². The molecule has 4 rings (SSSR count). The molecule has 4 N–H and O–H groups in total. The van der Waals surface area contributed by atoms with Gasteiger partial charge in [0.05, 0.1) is 18.5 Å². The molecule has 0 radical (unpaired) electrons. The summed E-state index contributed by atoms with van der Waals surface area (Å²) < 4.78 is 7.02. The molecule has 0 spiro atoms. The van der Waals surface area contributed by atoms with Gasteiger partial charge in [-0.25, -0.2) is 9.78 Å². The van der Waals surface area contributed by atoms with E-state index in [1.54, 1.807) is 35.0 Å². The van der Waals surface area contributed by atoms with Crippen molar-refractivity contribution in [1.82, 2.24) is 19.8 Å². The Morgan fingerprint density at radius 2 is 1.53 bits per heavy atom. The highest BCUT2D eigenvalue weighted by Gasteiger charge is 2.24. The Hall–Kier alpha value is -4.05. The van der Waals surface area contributed by atoms with E-state index in [4.69, 9.17) is 16.3 Å². The summed E-state index contributed by atoms with van der Waals surface area (Å²) >= 11 is 6.59. The number of nitrogens with one attached hydrogen (secondary N) is 4. The normalized spacial score (nSPS) is 11.5. The van der Waals surface area contributed by atoms with Gasteiger partial charge in [-0.2, -0.15) is 4.63 Å². The first kappa shape index (κ1) is 35.8. The van der Waals surface area contributed by atoms with Gasteiger partial charge in [0, 0.05) is 28.8 Å². The summed E-state index contributed by atoms with van der Waals surface area (Å²) in [5.74, 6) is 0.904. The molecule has 2 heterocycles. The first-order valence-corrected chi connectivity index (χ1v) is 17.3. The van der Waals surface area contributed by atoms with Crippen molar-refractivity contribution in [2.24, 2.45) is 0 Å². The van der Waals surface area contributed by atoms with Crippen LogP contribution in [0.5, 0.6) is 5.75 Å². The topological polar surface area (TPSA) is 125 Å². The Labute approximate surface area is 283 Å². The summed E-state index contributed by atoms with van der Waals surface area (Å²) in [6.45, 7) is 8.44. The maximum Gasteiger partial charge on any atom is 0.323 e. The molecule has 0 fully saturated rings. The van der Waals surface area contributed by atoms with Crippen molar-refractivity contribution in [3.63, 3.8) is 0 Å². The second-order valence-corrected chi connectivity index (χ2v) is 13.5. The fraction of sp³-hybridized carbons (Fsp3) is 0.500. The molecule has 2 aromatic heterocycles. The van der Waals surface area contributed by atoms with E-state index in [9.17, 15) is 9.59 Å². The number of unbranched alkanes of at least 4 members (excludes halogenated alkanes) is 10. The molecular formula is C36H50ClN7O3. The molecule has 0 saturated carbocycles. The minimum Gasteiger partial charge on any atom is -0.495 e. The van der Waals surface area contributed by atoms with Gasteiger partial charge in [-0.15, -0.1) is 5.10 Å². The Morgan fingerprint density at radius 3 is 2.17 bits per heavy atom. The Kier molecular flexibility index (Phi) is 13.1. The van der Waals surface area contributed by atoms with Crippen LogP contribution in [0.3, 0.4) is 0 Å². The number of amides is 3. The van der Waals surface area contributed by atoms with Gasteiger partial charge in [-0.1, -0.05) is 116 Å². The smallest absolute Gasteiger partial charge is 0.323 e. The number of nitrogens with zero attached hydrogens (tertiary/aromatic N) is 3. The van der Waals surface area contributed by atoms with Gasteiger partial charge in [0.1, 0.15) is 10.8 Å². The number of halogens is 1. The van der Waals surface area contributed by atoms with E-state index < -0.39 is 6.03 Å². The Balaban J connectivity index is 1.27. The second-order valence-electron chi connectivity index (χ2n) is 13.1. The monoisotopic (exact) mass is 663 g/mol. The number of H-pyrrole nitrogens is 1. The number of carbonyl (C=O) groups is 2. The number of ether oxygens (including phenoxy) is 1. The molecular weight excluding hydrogens is 614 g/mol. The van der Waals surface area contributed by atoms with Crippen molar-refractivity contribution in [3.05, 3.63) is 53.2 Å². The van der Waals surface area contributed by atoms with Gasteiger partial charge in [0.2, 0.25) is 5.91 Å². The lowest BCUT2D eigenvalue weighted by atomic mass is 9.92. The van der Waals surface area contributed by atoms with E-state index in [1.165, 1.54) is 64.9 Å². The molecule has 0 aliphatic carbocycles. The van der Waals surface area contributed by atoms with Crippen LogP contribution in [0.15, 0.2) is 42.5 Å². The first-order chi connectivity index (χ1) is 22.6. The van der Waals surface area contributed by atoms with Crippen LogP contribution in [-0.2, 0) is 10.2 Å². The minimum atomic E-state index is -0.465. The molecule has 254 valence electrons. The highest BCUT2D eigenvalue weighted by atomic mass is 35.5. The van der Waals surface area contributed by atoms with Gasteiger partial charge in [0.25, 0.3) is 0 Å². The zero-order valence-corrected chi connectivity index (χ0v) is 29.2. The van der Waals surface area contributed by atoms with E-state index >= 15 is 0 Å². The molecule has 47 heavy (non-hydrogen) atoms. The number of urea groups is 1. The molecule has 0 bridgehead atoms. The first-order valence-electron chi connectivity index (χ1n) is 16.9. The lowest BCUT2D eigenvalue weighted by molar-refractivity contribution is -0.116. The van der Waals surface area contributed by atoms with E-state index in [0.29, 0.717) is 51.3 Å². The minimum absolute atomic E-state index is 0.0428. The van der Waals surface area contributed by atoms with Crippen LogP contribution in [0.1, 0.15) is 110 Å². The lowest BCUT2D eigenvalue weighted by Gasteiger charge is -2.16. The molecule has 10 nitrogen and oxygen atoms in total. The van der Waals surface area contributed by atoms with Crippen LogP contribution in [-0.4, -0.2) is 38.9 Å². The Morgan fingerprint density at radius 1 is 0.872 bits per heavy atom. The number of fused-ring (bicyclic) bond motifs is 1. The third-order valence-electron chi connectivity index (χ3n) is 8.11. The third-order valence-corrected chi connectivity index (χ3v) is 8.47. The molecule has 2 aromatic carbocycles. The van der Waals surface area contributed by atoms with Crippen LogP contribution in [0.2, 0.25) is 5.02 Å². The molecule has 0 aliphatic rings. The number of hydrogen-bond acceptors (Lipinski definition) is 5. The van der Waals surface area contributed by atoms with Gasteiger partial charge >= 0.3 is 6.03 Å². The van der Waals surface area contributed by atoms with Crippen molar-refractivity contribution < 1.29 is 14.3 Å². The molecule has 0 saturated heterocycles. The predicted octanol–water partition coefficient (Wildman–Crippen LogP) is 9.97. The maximum absolute atomic E-state index is 13.0. The molecule has 0 aliphatic heterocycles. The SMILES string of the molecule is CCCCCCCCCCCCCC(=O)Nc1ccc(OC)c(NC(=O)Nc2cccc(-c3nc4c(Cl)c(C(C)(C)C)[nH]n4n3)c2)c1. The quantitative estimate of drug-likeness (QED) is 0.0837. The Bertz CT molecular complexity index is 1620. The summed E-state index contributed by atoms with van der Waals surface area (Å²) in [5.41, 5.74) is 3.51. The lowest BCUT2D eigenvalue weighted by Crippen LogP contribution is -2.20. The van der Waals surface area contributed by atoms with Crippen molar-refractivity contribution in [1.29, 1.82) is 0 Å². The highest BCUT2D eigenvalue weighted by molar-refractivity contribution is 6.34. The number of rotatable bonds is 17. The fourth-order valence-corrected chi connectivity index (χ4v) is 5.94. The number of hydrogen-bond donors (Lipinski definition) is 4. The maximum atomic E-state index is 13.0. The molecule has 0 unspecified atom stereocenters. The van der Waals surface area contributed by atoms with Gasteiger partial charge in [-0.05, 0) is 36.8 Å². The number of carbonyl (C=O) groups excluding carboxylic acids is 2. The van der Waals surface area contributed by atoms with E-state index in [0.717, 1.165) is 18.5 Å². The third kappa shape index (κ3) is 10.5. The van der Waals surface area contributed by atoms with Crippen molar-refractivity contribution >= 4 is 46.2 Å². The summed E-state index contributed by atoms with van der Waals surface area (Å²) in [5, 5.41) is 16.9. The highest BCUT2D eigenvalue weighted by Crippen LogP contribution is 2.32. The van der Waals surface area contributed by atoms with Crippen LogP contribution < -0.4 is 20.7 Å². The molecule has 4 aromatic rings. The molecule has 0 atom stereocenters. The number of methoxy groups -OCH3 is 1. The molecule has 11 heteroatoms. The standard InChI is InChI=1S/C36H50ClN7O3/c1-6-7-8-9-10-11-12-13-14-15-16-20-30(45)38-27-21-22-29(47-5)28(24-27)40-35(46)39-26-19-17-18-25(23-26)33-41-34-31(37)32(36(2,3)4)42-44(34)43-33/h17-19,21-24,42H,6-16,20H2,1-5H3,(H,38,45)(H2,39,40,46). The van der Waals surface area contributed by atoms with Gasteiger partial charge in [-0.3, -0.25) is 9.89 Å². The van der Waals surface area contributed by atoms with Crippen LogP contribution in [0.25, 0.3) is 17.0 Å². The zero-order chi connectivity index (χ0) is 33.8. The van der Waals surface area contributed by atoms with Crippen molar-refractivity contribution in [2.45, 2.75) is 110 Å². The summed E-state index contributed by atoms with van der Waals surface area (Å²) in [7, 11) is 1.53. The van der Waals surface area contributed by atoms with Crippen LogP contribution in [0, 0.1) is 0 Å². The summed E-state index contributed by atoms with van der Waals surface area (Å²) in [6, 6.07) is 12.0. The largest absolute Gasteiger partial charge is 0.495 e. The average molecular weight is 664 g/mol. The summed E-state index contributed by atoms with van der Waals surface area (Å²) in [4.78, 5) is 30.2. The van der Waals surface area contributed by atoms with E-state index in [1.807, 2.05) is 12.1 Å². The van der Waals surface area contributed by atoms with Gasteiger partial charge < -0.3 is 20.7 Å². The number of benzene rings is 2. The van der Waals surface area contributed by atoms with Crippen LogP contribution >= 0.6 is 11.6 Å². The number of anilines is 3. The van der Waals surface area contributed by atoms with Crippen molar-refractivity contribution in [3.8, 4) is 17.1 Å². The zero-order valence-electron chi connectivity index (χ0n) is 28.5. The second kappa shape index (κ2) is 17.2. The predicted molar refractivity (Wildman–Crippen MR) is 192 cm³/mol.